The van der Waals surface area contributed by atoms with E-state index in [1.807, 2.05) is 157 Å². The Bertz CT molecular complexity index is 3970. The lowest BCUT2D eigenvalue weighted by Gasteiger charge is -2.61. The van der Waals surface area contributed by atoms with Crippen LogP contribution in [0, 0.1) is 5.82 Å². The number of carbonyl (C=O) groups excluding carboxylic acids is 3. The second-order valence-electron chi connectivity index (χ2n) is 23.5. The molecule has 4 aliphatic heterocycles. The zero-order chi connectivity index (χ0) is 61.2. The maximum atomic E-state index is 18.6. The molecular formula is C71H69Cl4FN10O3. The van der Waals surface area contributed by atoms with Crippen molar-refractivity contribution in [2.24, 2.45) is 0 Å². The first-order chi connectivity index (χ1) is 43.5. The third-order valence-electron chi connectivity index (χ3n) is 18.5. The van der Waals surface area contributed by atoms with Gasteiger partial charge in [0.25, 0.3) is 0 Å². The highest BCUT2D eigenvalue weighted by atomic mass is 35.5. The molecule has 0 aliphatic carbocycles. The fourth-order valence-electron chi connectivity index (χ4n) is 14.4. The molecule has 89 heavy (non-hydrogen) atoms. The monoisotopic (exact) mass is 1270 g/mol. The maximum Gasteiger partial charge on any atom is 0.247 e. The van der Waals surface area contributed by atoms with E-state index in [0.717, 1.165) is 39.3 Å². The number of nitrogens with one attached hydrogen (secondary N) is 2. The summed E-state index contributed by atoms with van der Waals surface area (Å²) in [7, 11) is 0. The van der Waals surface area contributed by atoms with Crippen LogP contribution in [-0.2, 0) is 53.5 Å². The SMILES string of the molecule is O=C(NCc1ccc(F)cc1)C(N1CCn2cccc2C1c1ccc(Cl)c(Cl)c1)C(C(=O)N1CCN(Cc2ccccc2)CC1)(C(C(=O)NCCc1ccccc1)N1CCn2cccc2C1c1ccccc1Cl)N1CCn2cccc2C1c1ccccc1Cl. The topological polar surface area (TPSA) is 106 Å². The van der Waals surface area contributed by atoms with E-state index in [9.17, 15) is 4.39 Å². The van der Waals surface area contributed by atoms with E-state index >= 15 is 14.4 Å². The normalized spacial score (nSPS) is 19.5. The second kappa shape index (κ2) is 26.5. The average molecular weight is 1270 g/mol. The molecule has 0 spiro atoms. The third-order valence-corrected chi connectivity index (χ3v) is 19.9. The number of halogens is 5. The summed E-state index contributed by atoms with van der Waals surface area (Å²) in [5.74, 6) is -1.79. The molecule has 1 saturated heterocycles. The highest BCUT2D eigenvalue weighted by Crippen LogP contribution is 2.51. The molecular weight excluding hydrogens is 1200 g/mol. The predicted molar refractivity (Wildman–Crippen MR) is 348 cm³/mol. The minimum atomic E-state index is -2.23. The van der Waals surface area contributed by atoms with E-state index in [1.165, 1.54) is 12.1 Å². The van der Waals surface area contributed by atoms with E-state index in [1.54, 1.807) is 18.2 Å². The number of hydrogen-bond acceptors (Lipinski definition) is 7. The molecule has 0 saturated carbocycles. The van der Waals surface area contributed by atoms with Crippen LogP contribution in [0.25, 0.3) is 0 Å². The van der Waals surface area contributed by atoms with Crippen molar-refractivity contribution < 1.29 is 18.8 Å². The lowest BCUT2D eigenvalue weighted by Crippen LogP contribution is -2.83. The average Bonchev–Trinajstić information content (AvgIpc) is 1.40. The Morgan fingerprint density at radius 1 is 0.472 bits per heavy atom. The zero-order valence-corrected chi connectivity index (χ0v) is 52.1. The van der Waals surface area contributed by atoms with Gasteiger partial charge in [0.1, 0.15) is 17.9 Å². The van der Waals surface area contributed by atoms with Crippen LogP contribution in [-0.4, -0.2) is 126 Å². The quantitative estimate of drug-likeness (QED) is 0.0881. The van der Waals surface area contributed by atoms with Gasteiger partial charge in [0.15, 0.2) is 5.54 Å². The van der Waals surface area contributed by atoms with Crippen molar-refractivity contribution in [1.82, 2.24) is 48.8 Å². The van der Waals surface area contributed by atoms with Crippen molar-refractivity contribution in [1.29, 1.82) is 0 Å². The highest BCUT2D eigenvalue weighted by molar-refractivity contribution is 6.42. The molecule has 13 rings (SSSR count). The van der Waals surface area contributed by atoms with Crippen LogP contribution in [0.5, 0.6) is 0 Å². The van der Waals surface area contributed by atoms with Crippen molar-refractivity contribution >= 4 is 64.1 Å². The minimum absolute atomic E-state index is 0.0378. The van der Waals surface area contributed by atoms with E-state index in [0.29, 0.717) is 76.9 Å². The van der Waals surface area contributed by atoms with Crippen molar-refractivity contribution in [3.8, 4) is 0 Å². The molecule has 3 aromatic heterocycles. The van der Waals surface area contributed by atoms with Crippen LogP contribution in [0.2, 0.25) is 20.1 Å². The number of hydrogen-bond donors (Lipinski definition) is 2. The fourth-order valence-corrected chi connectivity index (χ4v) is 15.2. The lowest BCUT2D eigenvalue weighted by atomic mass is 9.72. The Morgan fingerprint density at radius 2 is 0.989 bits per heavy atom. The molecule has 4 aliphatic rings. The van der Waals surface area contributed by atoms with Gasteiger partial charge in [0.05, 0.1) is 28.2 Å². The van der Waals surface area contributed by atoms with Crippen LogP contribution in [0.4, 0.5) is 4.39 Å². The molecule has 2 N–H and O–H groups in total. The van der Waals surface area contributed by atoms with Gasteiger partial charge in [0.2, 0.25) is 17.7 Å². The summed E-state index contributed by atoms with van der Waals surface area (Å²) >= 11 is 29.0. The number of fused-ring (bicyclic) bond motifs is 3. The maximum absolute atomic E-state index is 18.6. The van der Waals surface area contributed by atoms with E-state index in [4.69, 9.17) is 46.4 Å². The molecule has 1 fully saturated rings. The van der Waals surface area contributed by atoms with E-state index in [2.05, 4.69) is 68.2 Å². The summed E-state index contributed by atoms with van der Waals surface area (Å²) in [4.78, 5) is 64.5. The molecule has 0 bridgehead atoms. The van der Waals surface area contributed by atoms with Gasteiger partial charge in [-0.15, -0.1) is 0 Å². The summed E-state index contributed by atoms with van der Waals surface area (Å²) in [6, 6.07) is 54.1. The number of amides is 3. The van der Waals surface area contributed by atoms with E-state index < -0.39 is 59.3 Å². The van der Waals surface area contributed by atoms with E-state index in [-0.39, 0.29) is 45.8 Å². The van der Waals surface area contributed by atoms with Crippen LogP contribution in [0.15, 0.2) is 207 Å². The largest absolute Gasteiger partial charge is 0.354 e. The molecule has 6 atom stereocenters. The molecule has 18 heteroatoms. The van der Waals surface area contributed by atoms with Gasteiger partial charge in [-0.3, -0.25) is 34.0 Å². The second-order valence-corrected chi connectivity index (χ2v) is 25.2. The fraction of sp³-hybridized carbons (Fsp3) is 0.282. The minimum Gasteiger partial charge on any atom is -0.354 e. The number of nitrogens with zero attached hydrogens (tertiary/aromatic N) is 8. The molecule has 3 amide bonds. The van der Waals surface area contributed by atoms with Crippen molar-refractivity contribution in [3.05, 3.63) is 283 Å². The van der Waals surface area contributed by atoms with Crippen molar-refractivity contribution in [3.63, 3.8) is 0 Å². The summed E-state index contributed by atoms with van der Waals surface area (Å²) in [6.45, 7) is 4.26. The first-order valence-corrected chi connectivity index (χ1v) is 32.0. The van der Waals surface area contributed by atoms with Crippen LogP contribution in [0.3, 0.4) is 0 Å². The van der Waals surface area contributed by atoms with Crippen LogP contribution in [0.1, 0.15) is 68.6 Å². The Labute approximate surface area is 538 Å². The summed E-state index contributed by atoms with van der Waals surface area (Å²) < 4.78 is 21.4. The smallest absolute Gasteiger partial charge is 0.247 e. The van der Waals surface area contributed by atoms with Gasteiger partial charge >= 0.3 is 0 Å². The zero-order valence-electron chi connectivity index (χ0n) is 49.1. The van der Waals surface area contributed by atoms with Crippen LogP contribution >= 0.6 is 46.4 Å². The third kappa shape index (κ3) is 12.0. The first-order valence-electron chi connectivity index (χ1n) is 30.5. The standard InChI is InChI=1S/C71H69Cl4FN10O3/c72-56-20-9-7-18-54(56)64-61-23-12-34-81(61)41-44-85(64)66(68(87)77-32-31-49-14-3-1-4-15-49)71(70(89)83-38-36-79(37-39-83)48-51-16-5-2-6-17-51,86-45-42-82-35-13-24-62(82)65(86)55-19-8-10-21-57(55)73)67(69(88)78-47-50-25-28-53(76)29-26-50)84-43-40-80-33-11-22-60(80)63(84)52-27-30-58(74)59(75)46-52/h1-30,33-35,46,63-67H,31-32,36-45,47-48H2,(H,77,87)(H,78,88). The Kier molecular flexibility index (Phi) is 18.0. The molecule has 456 valence electrons. The number of benzene rings is 6. The molecule has 0 radical (unpaired) electrons. The van der Waals surface area contributed by atoms with Gasteiger partial charge in [-0.05, 0) is 113 Å². The Hall–Kier alpha value is -7.50. The molecule has 7 heterocycles. The van der Waals surface area contributed by atoms with Crippen molar-refractivity contribution in [2.75, 3.05) is 52.4 Å². The summed E-state index contributed by atoms with van der Waals surface area (Å²) in [5, 5.41) is 8.48. The van der Waals surface area contributed by atoms with Gasteiger partial charge in [-0.2, -0.15) is 0 Å². The van der Waals surface area contributed by atoms with Crippen LogP contribution < -0.4 is 10.6 Å². The Morgan fingerprint density at radius 3 is 1.58 bits per heavy atom. The number of rotatable bonds is 18. The molecule has 6 aromatic carbocycles. The first kappa shape index (κ1) is 60.4. The summed E-state index contributed by atoms with van der Waals surface area (Å²) in [5.41, 5.74) is 5.22. The van der Waals surface area contributed by atoms with Gasteiger partial charge in [-0.25, -0.2) is 4.39 Å². The number of piperazine rings is 1. The Balaban J connectivity index is 1.13. The van der Waals surface area contributed by atoms with Gasteiger partial charge in [-0.1, -0.05) is 162 Å². The highest BCUT2D eigenvalue weighted by Gasteiger charge is 2.68. The van der Waals surface area contributed by atoms with Crippen molar-refractivity contribution in [2.45, 2.75) is 74.9 Å². The molecule has 13 nitrogen and oxygen atoms in total. The number of carbonyl (C=O) groups is 3. The summed E-state index contributed by atoms with van der Waals surface area (Å²) in [6.07, 6.45) is 6.59. The predicted octanol–water partition coefficient (Wildman–Crippen LogP) is 12.0. The lowest BCUT2D eigenvalue weighted by molar-refractivity contribution is -0.177. The molecule has 9 aromatic rings. The van der Waals surface area contributed by atoms with Gasteiger partial charge < -0.3 is 29.2 Å². The molecule has 6 unspecified atom stereocenters. The number of aromatic nitrogens is 3. The van der Waals surface area contributed by atoms with Gasteiger partial charge in [0, 0.05) is 131 Å².